The third-order valence-corrected chi connectivity index (χ3v) is 9.87. The number of ether oxygens (including phenoxy) is 1. The molecule has 0 radical (unpaired) electrons. The van der Waals surface area contributed by atoms with E-state index in [0.29, 0.717) is 18.8 Å². The van der Waals surface area contributed by atoms with Crippen molar-refractivity contribution < 1.29 is 22.7 Å². The van der Waals surface area contributed by atoms with Crippen LogP contribution in [0, 0.1) is 6.92 Å². The molecular weight excluding hydrogens is 583 g/mol. The Balaban J connectivity index is 2.12. The molecule has 0 aliphatic heterocycles. The van der Waals surface area contributed by atoms with Gasteiger partial charge in [0.05, 0.1) is 17.2 Å². The number of hydrogen-bond acceptors (Lipinski definition) is 6. The van der Waals surface area contributed by atoms with Gasteiger partial charge in [-0.05, 0) is 87.4 Å². The Morgan fingerprint density at radius 1 is 0.930 bits per heavy atom. The van der Waals surface area contributed by atoms with Crippen LogP contribution in [0.25, 0.3) is 0 Å². The van der Waals surface area contributed by atoms with E-state index in [1.807, 2.05) is 65.1 Å². The molecule has 0 aromatic heterocycles. The molecule has 2 unspecified atom stereocenters. The molecule has 10 heteroatoms. The molecule has 0 fully saturated rings. The smallest absolute Gasteiger partial charge is 0.264 e. The van der Waals surface area contributed by atoms with Crippen molar-refractivity contribution in [2.45, 2.75) is 75.9 Å². The summed E-state index contributed by atoms with van der Waals surface area (Å²) in [6.45, 7) is 9.46. The van der Waals surface area contributed by atoms with E-state index in [1.165, 1.54) is 16.7 Å². The Kier molecular flexibility index (Phi) is 12.5. The van der Waals surface area contributed by atoms with E-state index in [-0.39, 0.29) is 29.1 Å². The maximum Gasteiger partial charge on any atom is 0.264 e. The largest absolute Gasteiger partial charge is 0.492 e. The van der Waals surface area contributed by atoms with Gasteiger partial charge in [-0.1, -0.05) is 50.2 Å². The van der Waals surface area contributed by atoms with E-state index < -0.39 is 28.5 Å². The number of aryl methyl sites for hydroxylation is 1. The van der Waals surface area contributed by atoms with Gasteiger partial charge in [-0.3, -0.25) is 13.9 Å². The zero-order valence-electron chi connectivity index (χ0n) is 25.9. The molecule has 0 spiro atoms. The molecule has 0 aliphatic rings. The fraction of sp³-hybridized carbons (Fsp3) is 0.394. The van der Waals surface area contributed by atoms with Gasteiger partial charge >= 0.3 is 0 Å². The highest BCUT2D eigenvalue weighted by molar-refractivity contribution is 7.98. The van der Waals surface area contributed by atoms with Crippen molar-refractivity contribution >= 4 is 39.3 Å². The molecule has 2 atom stereocenters. The molecule has 0 heterocycles. The van der Waals surface area contributed by atoms with Gasteiger partial charge in [0, 0.05) is 17.5 Å². The summed E-state index contributed by atoms with van der Waals surface area (Å²) in [7, 11) is -4.21. The molecule has 0 bridgehead atoms. The summed E-state index contributed by atoms with van der Waals surface area (Å²) >= 11 is 1.51. The highest BCUT2D eigenvalue weighted by Crippen LogP contribution is 2.33. The first-order chi connectivity index (χ1) is 20.6. The number of amides is 2. The van der Waals surface area contributed by atoms with Crippen molar-refractivity contribution in [2.24, 2.45) is 0 Å². The number of benzene rings is 3. The minimum atomic E-state index is -4.21. The number of nitrogens with zero attached hydrogens (tertiary/aromatic N) is 2. The standard InChI is InChI=1S/C33H43N3O5S2/c1-7-25(5)34-33(38)29(8-2)35(22-26-15-11-10-14-24(26)4)32(37)23-36(30-16-12-13-17-31(30)41-9-3)43(39,40)28-20-18-27(42-6)19-21-28/h10-21,25,29H,7-9,22-23H2,1-6H3,(H,34,38). The maximum atomic E-state index is 14.3. The van der Waals surface area contributed by atoms with Gasteiger partial charge in [0.15, 0.2) is 0 Å². The molecule has 0 aliphatic carbocycles. The van der Waals surface area contributed by atoms with Gasteiger partial charge < -0.3 is 15.0 Å². The maximum absolute atomic E-state index is 14.3. The van der Waals surface area contributed by atoms with E-state index in [1.54, 1.807) is 48.5 Å². The number of sulfonamides is 1. The van der Waals surface area contributed by atoms with Crippen LogP contribution in [0.4, 0.5) is 5.69 Å². The highest BCUT2D eigenvalue weighted by atomic mass is 32.2. The van der Waals surface area contributed by atoms with Gasteiger partial charge in [0.1, 0.15) is 18.3 Å². The second-order valence-electron chi connectivity index (χ2n) is 10.3. The van der Waals surface area contributed by atoms with Crippen LogP contribution in [0.1, 0.15) is 51.7 Å². The Labute approximate surface area is 260 Å². The van der Waals surface area contributed by atoms with E-state index >= 15 is 0 Å². The van der Waals surface area contributed by atoms with Gasteiger partial charge in [-0.2, -0.15) is 0 Å². The molecule has 2 amide bonds. The second kappa shape index (κ2) is 15.8. The van der Waals surface area contributed by atoms with Crippen LogP contribution in [0.15, 0.2) is 82.6 Å². The van der Waals surface area contributed by atoms with Crippen LogP contribution in [-0.2, 0) is 26.2 Å². The lowest BCUT2D eigenvalue weighted by Crippen LogP contribution is -2.53. The average molecular weight is 626 g/mol. The number of nitrogens with one attached hydrogen (secondary N) is 1. The third-order valence-electron chi connectivity index (χ3n) is 7.35. The zero-order valence-corrected chi connectivity index (χ0v) is 27.5. The predicted octanol–water partition coefficient (Wildman–Crippen LogP) is 6.03. The number of thioether (sulfide) groups is 1. The van der Waals surface area contributed by atoms with Crippen LogP contribution in [0.3, 0.4) is 0 Å². The Morgan fingerprint density at radius 3 is 2.19 bits per heavy atom. The molecule has 8 nitrogen and oxygen atoms in total. The number of carbonyl (C=O) groups is 2. The molecule has 232 valence electrons. The number of para-hydroxylation sites is 2. The Hall–Kier alpha value is -3.50. The molecule has 1 N–H and O–H groups in total. The topological polar surface area (TPSA) is 96.0 Å². The number of hydrogen-bond donors (Lipinski definition) is 1. The summed E-state index contributed by atoms with van der Waals surface area (Å²) < 4.78 is 35.4. The third kappa shape index (κ3) is 8.54. The molecule has 0 saturated carbocycles. The van der Waals surface area contributed by atoms with Crippen molar-refractivity contribution in [1.29, 1.82) is 0 Å². The summed E-state index contributed by atoms with van der Waals surface area (Å²) in [5.41, 5.74) is 2.10. The Morgan fingerprint density at radius 2 is 1.58 bits per heavy atom. The average Bonchev–Trinajstić information content (AvgIpc) is 3.01. The quantitative estimate of drug-likeness (QED) is 0.207. The van der Waals surface area contributed by atoms with Crippen molar-refractivity contribution in [3.63, 3.8) is 0 Å². The summed E-state index contributed by atoms with van der Waals surface area (Å²) in [6.07, 6.45) is 3.01. The molecular formula is C33H43N3O5S2. The molecule has 3 rings (SSSR count). The molecule has 0 saturated heterocycles. The number of anilines is 1. The summed E-state index contributed by atoms with van der Waals surface area (Å²) in [4.78, 5) is 30.3. The molecule has 3 aromatic rings. The van der Waals surface area contributed by atoms with Gasteiger partial charge in [-0.25, -0.2) is 8.42 Å². The fourth-order valence-corrected chi connectivity index (χ4v) is 6.49. The monoisotopic (exact) mass is 625 g/mol. The summed E-state index contributed by atoms with van der Waals surface area (Å²) in [6, 6.07) is 20.1. The summed E-state index contributed by atoms with van der Waals surface area (Å²) in [5.74, 6) is -0.422. The molecule has 3 aromatic carbocycles. The zero-order chi connectivity index (χ0) is 31.6. The normalized spacial score (nSPS) is 12.7. The SMILES string of the molecule is CCOc1ccccc1N(CC(=O)N(Cc1ccccc1C)C(CC)C(=O)NC(C)CC)S(=O)(=O)c1ccc(SC)cc1. The predicted molar refractivity (Wildman–Crippen MR) is 174 cm³/mol. The van der Waals surface area contributed by atoms with Gasteiger partial charge in [0.2, 0.25) is 11.8 Å². The van der Waals surface area contributed by atoms with E-state index in [4.69, 9.17) is 4.74 Å². The van der Waals surface area contributed by atoms with Crippen LogP contribution in [0.5, 0.6) is 5.75 Å². The number of rotatable bonds is 15. The van der Waals surface area contributed by atoms with Gasteiger partial charge in [0.25, 0.3) is 10.0 Å². The van der Waals surface area contributed by atoms with Crippen molar-refractivity contribution in [3.8, 4) is 5.75 Å². The first-order valence-electron chi connectivity index (χ1n) is 14.6. The lowest BCUT2D eigenvalue weighted by Gasteiger charge is -2.34. The van der Waals surface area contributed by atoms with E-state index in [2.05, 4.69) is 5.32 Å². The first kappa shape index (κ1) is 34.0. The van der Waals surface area contributed by atoms with Crippen LogP contribution >= 0.6 is 11.8 Å². The highest BCUT2D eigenvalue weighted by Gasteiger charge is 2.35. The van der Waals surface area contributed by atoms with E-state index in [9.17, 15) is 18.0 Å². The first-order valence-corrected chi connectivity index (χ1v) is 17.3. The minimum absolute atomic E-state index is 0.0522. The lowest BCUT2D eigenvalue weighted by molar-refractivity contribution is -0.140. The van der Waals surface area contributed by atoms with Crippen molar-refractivity contribution in [3.05, 3.63) is 83.9 Å². The van der Waals surface area contributed by atoms with Crippen LogP contribution < -0.4 is 14.4 Å². The minimum Gasteiger partial charge on any atom is -0.492 e. The number of carbonyl (C=O) groups excluding carboxylic acids is 2. The second-order valence-corrected chi connectivity index (χ2v) is 13.0. The van der Waals surface area contributed by atoms with Crippen LogP contribution in [-0.4, -0.2) is 56.6 Å². The fourth-order valence-electron chi connectivity index (χ4n) is 4.66. The summed E-state index contributed by atoms with van der Waals surface area (Å²) in [5, 5.41) is 3.01. The van der Waals surface area contributed by atoms with Gasteiger partial charge in [-0.15, -0.1) is 11.8 Å². The van der Waals surface area contributed by atoms with Crippen LogP contribution in [0.2, 0.25) is 0 Å². The lowest BCUT2D eigenvalue weighted by atomic mass is 10.1. The Bertz CT molecular complexity index is 1480. The van der Waals surface area contributed by atoms with E-state index in [0.717, 1.165) is 26.7 Å². The molecule has 43 heavy (non-hydrogen) atoms. The van der Waals surface area contributed by atoms with Crippen molar-refractivity contribution in [1.82, 2.24) is 10.2 Å². The van der Waals surface area contributed by atoms with Crippen molar-refractivity contribution in [2.75, 3.05) is 23.7 Å².